The molecule has 0 aromatic rings. The number of carbonyl (C=O) groups is 2. The predicted molar refractivity (Wildman–Crippen MR) is 54.1 cm³/mol. The Hall–Kier alpha value is -1.14. The van der Waals surface area contributed by atoms with Gasteiger partial charge in [-0.15, -0.1) is 0 Å². The number of carboxylic acids is 1. The molecule has 1 amide bonds. The molecule has 6 nitrogen and oxygen atoms in total. The van der Waals surface area contributed by atoms with Crippen molar-refractivity contribution >= 4 is 11.9 Å². The normalized spacial score (nSPS) is 14.7. The van der Waals surface area contributed by atoms with E-state index in [0.29, 0.717) is 0 Å². The third kappa shape index (κ3) is 5.34. The van der Waals surface area contributed by atoms with E-state index < -0.39 is 30.4 Å². The molecule has 0 saturated carbocycles. The molecule has 5 N–H and O–H groups in total. The number of carbonyl (C=O) groups excluding carboxylic acids is 1. The molecule has 0 fully saturated rings. The van der Waals surface area contributed by atoms with Gasteiger partial charge in [0.25, 0.3) is 0 Å². The zero-order valence-corrected chi connectivity index (χ0v) is 8.93. The number of aliphatic hydroxyl groups is 1. The van der Waals surface area contributed by atoms with Crippen molar-refractivity contribution in [2.24, 2.45) is 11.7 Å². The molecule has 0 aliphatic rings. The summed E-state index contributed by atoms with van der Waals surface area (Å²) >= 11 is 0. The lowest BCUT2D eigenvalue weighted by atomic mass is 10.0. The molecule has 0 aliphatic heterocycles. The standard InChI is InChI=1S/C9H18N2O4/c1-5(2)7(4-12)11-9(15)6(10)3-8(13)14/h5-7,12H,3-4,10H2,1-2H3,(H,11,15)(H,13,14)/t6?,7-/m1/s1. The van der Waals surface area contributed by atoms with Crippen LogP contribution in [-0.4, -0.2) is 40.8 Å². The van der Waals surface area contributed by atoms with Crippen LogP contribution < -0.4 is 11.1 Å². The molecule has 0 bridgehead atoms. The van der Waals surface area contributed by atoms with Crippen molar-refractivity contribution in [1.82, 2.24) is 5.32 Å². The Balaban J connectivity index is 4.15. The highest BCUT2D eigenvalue weighted by molar-refractivity contribution is 5.86. The minimum absolute atomic E-state index is 0.0657. The van der Waals surface area contributed by atoms with Gasteiger partial charge in [0, 0.05) is 0 Å². The highest BCUT2D eigenvalue weighted by atomic mass is 16.4. The highest BCUT2D eigenvalue weighted by Gasteiger charge is 2.21. The fourth-order valence-electron chi connectivity index (χ4n) is 0.994. The van der Waals surface area contributed by atoms with Crippen LogP contribution in [0.1, 0.15) is 20.3 Å². The lowest BCUT2D eigenvalue weighted by Gasteiger charge is -2.21. The lowest BCUT2D eigenvalue weighted by molar-refractivity contribution is -0.139. The summed E-state index contributed by atoms with van der Waals surface area (Å²) in [5.74, 6) is -1.61. The van der Waals surface area contributed by atoms with Crippen LogP contribution in [0.2, 0.25) is 0 Å². The van der Waals surface area contributed by atoms with Crippen LogP contribution >= 0.6 is 0 Å². The average molecular weight is 218 g/mol. The third-order valence-corrected chi connectivity index (χ3v) is 2.06. The van der Waals surface area contributed by atoms with Gasteiger partial charge in [0.1, 0.15) is 0 Å². The van der Waals surface area contributed by atoms with Gasteiger partial charge in [-0.1, -0.05) is 13.8 Å². The first-order chi connectivity index (χ1) is 6.88. The topological polar surface area (TPSA) is 113 Å². The highest BCUT2D eigenvalue weighted by Crippen LogP contribution is 2.01. The fraction of sp³-hybridized carbons (Fsp3) is 0.778. The van der Waals surface area contributed by atoms with Gasteiger partial charge in [-0.25, -0.2) is 0 Å². The van der Waals surface area contributed by atoms with Crippen molar-refractivity contribution < 1.29 is 19.8 Å². The molecule has 0 aliphatic carbocycles. The monoisotopic (exact) mass is 218 g/mol. The van der Waals surface area contributed by atoms with E-state index in [2.05, 4.69) is 5.32 Å². The summed E-state index contributed by atoms with van der Waals surface area (Å²) < 4.78 is 0. The number of hydrogen-bond acceptors (Lipinski definition) is 4. The third-order valence-electron chi connectivity index (χ3n) is 2.06. The summed E-state index contributed by atoms with van der Waals surface area (Å²) in [5, 5.41) is 19.9. The van der Waals surface area contributed by atoms with Crippen molar-refractivity contribution in [3.8, 4) is 0 Å². The predicted octanol–water partition coefficient (Wildman–Crippen LogP) is -1.08. The van der Waals surface area contributed by atoms with Crippen LogP contribution in [0.3, 0.4) is 0 Å². The summed E-state index contributed by atoms with van der Waals surface area (Å²) in [4.78, 5) is 21.6. The minimum Gasteiger partial charge on any atom is -0.481 e. The van der Waals surface area contributed by atoms with Gasteiger partial charge in [-0.2, -0.15) is 0 Å². The Morgan fingerprint density at radius 3 is 2.27 bits per heavy atom. The largest absolute Gasteiger partial charge is 0.481 e. The minimum atomic E-state index is -1.12. The number of amides is 1. The van der Waals surface area contributed by atoms with Crippen LogP contribution in [0.15, 0.2) is 0 Å². The van der Waals surface area contributed by atoms with Gasteiger partial charge in [0.05, 0.1) is 25.1 Å². The van der Waals surface area contributed by atoms with Gasteiger partial charge < -0.3 is 21.3 Å². The van der Waals surface area contributed by atoms with Crippen molar-refractivity contribution in [3.05, 3.63) is 0 Å². The number of hydrogen-bond donors (Lipinski definition) is 4. The maximum atomic E-state index is 11.3. The smallest absolute Gasteiger partial charge is 0.305 e. The van der Waals surface area contributed by atoms with Gasteiger partial charge in [-0.05, 0) is 5.92 Å². The summed E-state index contributed by atoms with van der Waals surface area (Å²) in [5.41, 5.74) is 5.35. The number of carboxylic acid groups (broad SMARTS) is 1. The average Bonchev–Trinajstić information content (AvgIpc) is 2.11. The zero-order chi connectivity index (χ0) is 12.0. The van der Waals surface area contributed by atoms with Crippen molar-refractivity contribution in [2.75, 3.05) is 6.61 Å². The maximum Gasteiger partial charge on any atom is 0.305 e. The Morgan fingerprint density at radius 1 is 1.40 bits per heavy atom. The van der Waals surface area contributed by atoms with Crippen LogP contribution in [-0.2, 0) is 9.59 Å². The molecular formula is C9H18N2O4. The Kier molecular flexibility index (Phi) is 5.88. The number of rotatable bonds is 6. The second-order valence-electron chi connectivity index (χ2n) is 3.75. The fourth-order valence-corrected chi connectivity index (χ4v) is 0.994. The van der Waals surface area contributed by atoms with E-state index in [1.807, 2.05) is 13.8 Å². The Labute approximate surface area is 88.5 Å². The molecule has 0 spiro atoms. The molecule has 0 saturated heterocycles. The van der Waals surface area contributed by atoms with E-state index in [9.17, 15) is 9.59 Å². The van der Waals surface area contributed by atoms with Crippen LogP contribution in [0.5, 0.6) is 0 Å². The van der Waals surface area contributed by atoms with Crippen LogP contribution in [0.25, 0.3) is 0 Å². The molecular weight excluding hydrogens is 200 g/mol. The molecule has 0 aromatic heterocycles. The maximum absolute atomic E-state index is 11.3. The molecule has 15 heavy (non-hydrogen) atoms. The first-order valence-electron chi connectivity index (χ1n) is 4.77. The SMILES string of the molecule is CC(C)[C@@H](CO)NC(=O)C(N)CC(=O)O. The van der Waals surface area contributed by atoms with Crippen molar-refractivity contribution in [2.45, 2.75) is 32.4 Å². The number of aliphatic hydroxyl groups excluding tert-OH is 1. The number of nitrogens with two attached hydrogens (primary N) is 1. The molecule has 0 heterocycles. The molecule has 2 atom stereocenters. The number of nitrogens with one attached hydrogen (secondary N) is 1. The summed E-state index contributed by atoms with van der Waals surface area (Å²) in [6, 6.07) is -1.47. The molecule has 0 radical (unpaired) electrons. The number of aliphatic carboxylic acids is 1. The first kappa shape index (κ1) is 13.9. The molecule has 0 aromatic carbocycles. The van der Waals surface area contributed by atoms with Gasteiger partial charge in [-0.3, -0.25) is 9.59 Å². The van der Waals surface area contributed by atoms with Gasteiger partial charge in [0.15, 0.2) is 0 Å². The molecule has 0 rings (SSSR count). The van der Waals surface area contributed by atoms with E-state index in [1.54, 1.807) is 0 Å². The Bertz CT molecular complexity index is 230. The zero-order valence-electron chi connectivity index (χ0n) is 8.93. The second-order valence-corrected chi connectivity index (χ2v) is 3.75. The molecule has 88 valence electrons. The van der Waals surface area contributed by atoms with Crippen LogP contribution in [0, 0.1) is 5.92 Å². The molecule has 6 heteroatoms. The van der Waals surface area contributed by atoms with E-state index in [1.165, 1.54) is 0 Å². The summed E-state index contributed by atoms with van der Waals surface area (Å²) in [7, 11) is 0. The summed E-state index contributed by atoms with van der Waals surface area (Å²) in [6.45, 7) is 3.48. The van der Waals surface area contributed by atoms with E-state index in [0.717, 1.165) is 0 Å². The van der Waals surface area contributed by atoms with E-state index >= 15 is 0 Å². The quantitative estimate of drug-likeness (QED) is 0.453. The summed E-state index contributed by atoms with van der Waals surface area (Å²) in [6.07, 6.45) is -0.415. The van der Waals surface area contributed by atoms with E-state index in [4.69, 9.17) is 15.9 Å². The second kappa shape index (κ2) is 6.36. The van der Waals surface area contributed by atoms with Gasteiger partial charge >= 0.3 is 5.97 Å². The van der Waals surface area contributed by atoms with Gasteiger partial charge in [0.2, 0.25) is 5.91 Å². The van der Waals surface area contributed by atoms with Crippen molar-refractivity contribution in [3.63, 3.8) is 0 Å². The van der Waals surface area contributed by atoms with Crippen LogP contribution in [0.4, 0.5) is 0 Å². The van der Waals surface area contributed by atoms with E-state index in [-0.39, 0.29) is 12.5 Å². The first-order valence-corrected chi connectivity index (χ1v) is 4.77. The van der Waals surface area contributed by atoms with Crippen molar-refractivity contribution in [1.29, 1.82) is 0 Å². The Morgan fingerprint density at radius 2 is 1.93 bits per heavy atom. The molecule has 1 unspecified atom stereocenters. The lowest BCUT2D eigenvalue weighted by Crippen LogP contribution is -2.49.